The Morgan fingerprint density at radius 1 is 0.458 bits per heavy atom. The lowest BCUT2D eigenvalue weighted by molar-refractivity contribution is -0.114. The summed E-state index contributed by atoms with van der Waals surface area (Å²) >= 11 is 0. The van der Waals surface area contributed by atoms with E-state index in [0.717, 1.165) is 30.1 Å². The smallest absolute Gasteiger partial charge is 0.0603 e. The first-order valence-corrected chi connectivity index (χ1v) is 10.8. The molecule has 3 fully saturated rings. The van der Waals surface area contributed by atoms with Gasteiger partial charge in [0.1, 0.15) is 0 Å². The zero-order valence-electron chi connectivity index (χ0n) is 16.5. The van der Waals surface area contributed by atoms with Crippen LogP contribution in [0, 0.1) is 23.7 Å². The van der Waals surface area contributed by atoms with E-state index in [-0.39, 0.29) is 0 Å². The quantitative estimate of drug-likeness (QED) is 0.628. The summed E-state index contributed by atoms with van der Waals surface area (Å²) in [6.45, 7) is 9.60. The summed E-state index contributed by atoms with van der Waals surface area (Å²) in [5, 5.41) is 0. The molecule has 24 heavy (non-hydrogen) atoms. The van der Waals surface area contributed by atoms with Crippen molar-refractivity contribution in [1.29, 1.82) is 0 Å². The van der Waals surface area contributed by atoms with Crippen LogP contribution in [0.1, 0.15) is 91.9 Å². The lowest BCUT2D eigenvalue weighted by Crippen LogP contribution is -2.37. The van der Waals surface area contributed by atoms with E-state index in [4.69, 9.17) is 9.47 Å². The van der Waals surface area contributed by atoms with E-state index >= 15 is 0 Å². The van der Waals surface area contributed by atoms with Crippen molar-refractivity contribution in [3.05, 3.63) is 0 Å². The molecular formula is C22H40O2. The zero-order chi connectivity index (χ0) is 17.1. The standard InChI is InChI=1S/C22H40O2/c1-15-8-10-21(12-17(15)3)23-19-6-5-7-20(14-19)24-22-11-9-16(2)18(4)13-22/h15-22H,5-14H2,1-4H3. The Kier molecular flexibility index (Phi) is 6.65. The Labute approximate surface area is 150 Å². The molecule has 2 nitrogen and oxygen atoms in total. The summed E-state index contributed by atoms with van der Waals surface area (Å²) in [5.74, 6) is 3.40. The predicted octanol–water partition coefficient (Wildman–Crippen LogP) is 5.98. The summed E-state index contributed by atoms with van der Waals surface area (Å²) in [6, 6.07) is 0. The van der Waals surface area contributed by atoms with Crippen LogP contribution in [0.3, 0.4) is 0 Å². The van der Waals surface area contributed by atoms with Gasteiger partial charge in [0, 0.05) is 0 Å². The third-order valence-corrected chi connectivity index (χ3v) is 7.45. The number of rotatable bonds is 4. The lowest BCUT2D eigenvalue weighted by Gasteiger charge is -2.39. The molecule has 3 aliphatic carbocycles. The molecule has 0 aromatic rings. The molecule has 0 N–H and O–H groups in total. The fourth-order valence-electron chi connectivity index (χ4n) is 5.14. The van der Waals surface area contributed by atoms with Gasteiger partial charge >= 0.3 is 0 Å². The van der Waals surface area contributed by atoms with E-state index < -0.39 is 0 Å². The first-order valence-electron chi connectivity index (χ1n) is 10.8. The Hall–Kier alpha value is -0.0800. The second kappa shape index (κ2) is 8.54. The Bertz CT molecular complexity index is 348. The molecule has 0 saturated heterocycles. The second-order valence-corrected chi connectivity index (χ2v) is 9.46. The van der Waals surface area contributed by atoms with Gasteiger partial charge in [-0.25, -0.2) is 0 Å². The molecule has 3 rings (SSSR count). The third kappa shape index (κ3) is 4.97. The lowest BCUT2D eigenvalue weighted by atomic mass is 9.80. The largest absolute Gasteiger partial charge is 0.375 e. The second-order valence-electron chi connectivity index (χ2n) is 9.46. The molecule has 0 amide bonds. The van der Waals surface area contributed by atoms with Gasteiger partial charge in [-0.1, -0.05) is 27.7 Å². The van der Waals surface area contributed by atoms with E-state index in [1.54, 1.807) is 0 Å². The van der Waals surface area contributed by atoms with Gasteiger partial charge < -0.3 is 9.47 Å². The van der Waals surface area contributed by atoms with Gasteiger partial charge in [0.15, 0.2) is 0 Å². The van der Waals surface area contributed by atoms with Gasteiger partial charge in [-0.3, -0.25) is 0 Å². The molecule has 0 spiro atoms. The highest BCUT2D eigenvalue weighted by atomic mass is 16.5. The average Bonchev–Trinajstić information content (AvgIpc) is 2.55. The molecule has 3 aliphatic rings. The first-order chi connectivity index (χ1) is 11.5. The normalized spacial score (nSPS) is 47.5. The van der Waals surface area contributed by atoms with Crippen LogP contribution in [-0.2, 0) is 9.47 Å². The van der Waals surface area contributed by atoms with Crippen molar-refractivity contribution >= 4 is 0 Å². The van der Waals surface area contributed by atoms with Crippen LogP contribution in [0.5, 0.6) is 0 Å². The van der Waals surface area contributed by atoms with Crippen LogP contribution >= 0.6 is 0 Å². The highest BCUT2D eigenvalue weighted by Gasteiger charge is 2.32. The van der Waals surface area contributed by atoms with Gasteiger partial charge in [-0.2, -0.15) is 0 Å². The van der Waals surface area contributed by atoms with Crippen molar-refractivity contribution < 1.29 is 9.47 Å². The summed E-state index contributed by atoms with van der Waals surface area (Å²) in [6.07, 6.45) is 14.6. The summed E-state index contributed by atoms with van der Waals surface area (Å²) in [5.41, 5.74) is 0. The summed E-state index contributed by atoms with van der Waals surface area (Å²) < 4.78 is 13.1. The maximum Gasteiger partial charge on any atom is 0.0603 e. The molecule has 8 atom stereocenters. The molecule has 3 saturated carbocycles. The van der Waals surface area contributed by atoms with E-state index in [1.165, 1.54) is 57.8 Å². The minimum atomic E-state index is 0.453. The summed E-state index contributed by atoms with van der Waals surface area (Å²) in [7, 11) is 0. The fourth-order valence-corrected chi connectivity index (χ4v) is 5.14. The van der Waals surface area contributed by atoms with Crippen molar-refractivity contribution in [2.45, 2.75) is 116 Å². The first kappa shape index (κ1) is 18.7. The molecule has 2 heteroatoms. The zero-order valence-corrected chi connectivity index (χ0v) is 16.5. The molecule has 140 valence electrons. The van der Waals surface area contributed by atoms with E-state index in [1.807, 2.05) is 0 Å². The van der Waals surface area contributed by atoms with E-state index in [2.05, 4.69) is 27.7 Å². The van der Waals surface area contributed by atoms with Crippen molar-refractivity contribution in [3.8, 4) is 0 Å². The van der Waals surface area contributed by atoms with E-state index in [9.17, 15) is 0 Å². The SMILES string of the molecule is CC1CCC(OC2CCCC(OC3CCC(C)C(C)C3)C2)CC1C. The minimum absolute atomic E-state index is 0.453. The van der Waals surface area contributed by atoms with Crippen LogP contribution in [-0.4, -0.2) is 24.4 Å². The third-order valence-electron chi connectivity index (χ3n) is 7.45. The highest BCUT2D eigenvalue weighted by molar-refractivity contribution is 4.82. The van der Waals surface area contributed by atoms with Crippen LogP contribution < -0.4 is 0 Å². The van der Waals surface area contributed by atoms with Crippen LogP contribution in [0.25, 0.3) is 0 Å². The van der Waals surface area contributed by atoms with Crippen LogP contribution in [0.2, 0.25) is 0 Å². The monoisotopic (exact) mass is 336 g/mol. The van der Waals surface area contributed by atoms with Crippen molar-refractivity contribution in [2.24, 2.45) is 23.7 Å². The molecule has 0 aliphatic heterocycles. The van der Waals surface area contributed by atoms with Crippen molar-refractivity contribution in [1.82, 2.24) is 0 Å². The molecule has 0 heterocycles. The Balaban J connectivity index is 1.43. The molecule has 8 unspecified atom stereocenters. The van der Waals surface area contributed by atoms with Crippen LogP contribution in [0.15, 0.2) is 0 Å². The van der Waals surface area contributed by atoms with Gasteiger partial charge in [0.25, 0.3) is 0 Å². The number of hydrogen-bond donors (Lipinski definition) is 0. The minimum Gasteiger partial charge on any atom is -0.375 e. The van der Waals surface area contributed by atoms with Gasteiger partial charge in [0.05, 0.1) is 24.4 Å². The molecule has 0 bridgehead atoms. The van der Waals surface area contributed by atoms with Crippen molar-refractivity contribution in [3.63, 3.8) is 0 Å². The van der Waals surface area contributed by atoms with Gasteiger partial charge in [0.2, 0.25) is 0 Å². The predicted molar refractivity (Wildman–Crippen MR) is 100 cm³/mol. The molecular weight excluding hydrogens is 296 g/mol. The van der Waals surface area contributed by atoms with Gasteiger partial charge in [-0.05, 0) is 87.9 Å². The number of ether oxygens (including phenoxy) is 2. The maximum absolute atomic E-state index is 6.53. The Morgan fingerprint density at radius 3 is 1.29 bits per heavy atom. The average molecular weight is 337 g/mol. The number of hydrogen-bond acceptors (Lipinski definition) is 2. The van der Waals surface area contributed by atoms with E-state index in [0.29, 0.717) is 24.4 Å². The van der Waals surface area contributed by atoms with Crippen LogP contribution in [0.4, 0.5) is 0 Å². The topological polar surface area (TPSA) is 18.5 Å². The van der Waals surface area contributed by atoms with Crippen molar-refractivity contribution in [2.75, 3.05) is 0 Å². The maximum atomic E-state index is 6.53. The molecule has 0 radical (unpaired) electrons. The molecule has 0 aromatic carbocycles. The fraction of sp³-hybridized carbons (Fsp3) is 1.00. The summed E-state index contributed by atoms with van der Waals surface area (Å²) in [4.78, 5) is 0. The Morgan fingerprint density at radius 2 is 0.875 bits per heavy atom. The highest BCUT2D eigenvalue weighted by Crippen LogP contribution is 2.36. The van der Waals surface area contributed by atoms with Gasteiger partial charge in [-0.15, -0.1) is 0 Å². The molecule has 0 aromatic heterocycles.